The number of rotatable bonds is 8. The van der Waals surface area contributed by atoms with Gasteiger partial charge < -0.3 is 9.84 Å². The van der Waals surface area contributed by atoms with Gasteiger partial charge in [0.15, 0.2) is 0 Å². The molecule has 3 aromatic rings. The molecule has 0 saturated carbocycles. The van der Waals surface area contributed by atoms with E-state index in [0.717, 1.165) is 24.2 Å². The fourth-order valence-electron chi connectivity index (χ4n) is 3.23. The molecule has 2 heteroatoms. The van der Waals surface area contributed by atoms with Gasteiger partial charge in [-0.3, -0.25) is 0 Å². The topological polar surface area (TPSA) is 29.5 Å². The fraction of sp³-hybridized carbons (Fsp3) is 0.280. The summed E-state index contributed by atoms with van der Waals surface area (Å²) in [5.41, 5.74) is 3.75. The van der Waals surface area contributed by atoms with Gasteiger partial charge in [-0.2, -0.15) is 0 Å². The Morgan fingerprint density at radius 3 is 2.33 bits per heavy atom. The molecule has 0 radical (unpaired) electrons. The van der Waals surface area contributed by atoms with Crippen molar-refractivity contribution in [3.8, 4) is 5.75 Å². The summed E-state index contributed by atoms with van der Waals surface area (Å²) >= 11 is 0. The molecule has 140 valence electrons. The maximum atomic E-state index is 11.0. The van der Waals surface area contributed by atoms with Crippen molar-refractivity contribution in [2.24, 2.45) is 0 Å². The molecular weight excluding hydrogens is 332 g/mol. The second kappa shape index (κ2) is 8.88. The molecule has 3 rings (SSSR count). The van der Waals surface area contributed by atoms with Gasteiger partial charge in [0.05, 0.1) is 12.2 Å². The molecule has 27 heavy (non-hydrogen) atoms. The van der Waals surface area contributed by atoms with Crippen LogP contribution in [0.1, 0.15) is 35.6 Å². The zero-order chi connectivity index (χ0) is 19.1. The number of hydrogen-bond acceptors (Lipinski definition) is 2. The number of aryl methyl sites for hydroxylation is 2. The summed E-state index contributed by atoms with van der Waals surface area (Å²) in [6, 6.07) is 26.6. The van der Waals surface area contributed by atoms with Crippen molar-refractivity contribution in [3.63, 3.8) is 0 Å². The average Bonchev–Trinajstić information content (AvgIpc) is 2.68. The smallest absolute Gasteiger partial charge is 0.119 e. The Morgan fingerprint density at radius 2 is 1.56 bits per heavy atom. The normalized spacial score (nSPS) is 13.1. The van der Waals surface area contributed by atoms with Crippen molar-refractivity contribution >= 4 is 0 Å². The molecule has 3 aromatic carbocycles. The van der Waals surface area contributed by atoms with Crippen molar-refractivity contribution in [1.29, 1.82) is 0 Å². The van der Waals surface area contributed by atoms with E-state index < -0.39 is 5.60 Å². The highest BCUT2D eigenvalue weighted by Gasteiger charge is 2.23. The molecule has 0 aromatic heterocycles. The summed E-state index contributed by atoms with van der Waals surface area (Å²) in [4.78, 5) is 0. The molecule has 1 unspecified atom stereocenters. The lowest BCUT2D eigenvalue weighted by atomic mass is 9.88. The predicted molar refractivity (Wildman–Crippen MR) is 111 cm³/mol. The summed E-state index contributed by atoms with van der Waals surface area (Å²) in [5.74, 6) is 0.904. The molecule has 0 amide bonds. The summed E-state index contributed by atoms with van der Waals surface area (Å²) < 4.78 is 5.86. The van der Waals surface area contributed by atoms with Crippen LogP contribution >= 0.6 is 0 Å². The maximum Gasteiger partial charge on any atom is 0.119 e. The lowest BCUT2D eigenvalue weighted by molar-refractivity contribution is 0.0479. The van der Waals surface area contributed by atoms with E-state index in [1.54, 1.807) is 0 Å². The van der Waals surface area contributed by atoms with Crippen LogP contribution in [0.5, 0.6) is 5.75 Å². The van der Waals surface area contributed by atoms with Gasteiger partial charge in [-0.1, -0.05) is 66.7 Å². The van der Waals surface area contributed by atoms with Crippen LogP contribution in [0, 0.1) is 6.92 Å². The van der Waals surface area contributed by atoms with Crippen LogP contribution in [0.25, 0.3) is 0 Å². The molecule has 2 nitrogen and oxygen atoms in total. The highest BCUT2D eigenvalue weighted by Crippen LogP contribution is 2.27. The van der Waals surface area contributed by atoms with Gasteiger partial charge in [0.25, 0.3) is 0 Å². The van der Waals surface area contributed by atoms with Gasteiger partial charge >= 0.3 is 0 Å². The Balaban J connectivity index is 1.58. The van der Waals surface area contributed by atoms with E-state index in [0.29, 0.717) is 13.0 Å². The molecule has 0 spiro atoms. The van der Waals surface area contributed by atoms with Crippen LogP contribution in [0.15, 0.2) is 78.9 Å². The van der Waals surface area contributed by atoms with Crippen molar-refractivity contribution in [2.75, 3.05) is 6.61 Å². The first-order valence-corrected chi connectivity index (χ1v) is 9.58. The zero-order valence-corrected chi connectivity index (χ0v) is 16.2. The maximum absolute atomic E-state index is 11.0. The molecule has 0 fully saturated rings. The molecule has 0 aliphatic carbocycles. The van der Waals surface area contributed by atoms with Gasteiger partial charge in [-0.25, -0.2) is 0 Å². The van der Waals surface area contributed by atoms with E-state index in [-0.39, 0.29) is 0 Å². The molecule has 0 aliphatic rings. The summed E-state index contributed by atoms with van der Waals surface area (Å²) in [6.07, 6.45) is 2.37. The summed E-state index contributed by atoms with van der Waals surface area (Å²) in [5, 5.41) is 11.0. The third kappa shape index (κ3) is 5.70. The Hall–Kier alpha value is -2.58. The van der Waals surface area contributed by atoms with Crippen LogP contribution in [0.4, 0.5) is 0 Å². The quantitative estimate of drug-likeness (QED) is 0.578. The third-order valence-corrected chi connectivity index (χ3v) is 4.94. The first kappa shape index (κ1) is 19.2. The number of aliphatic hydroxyl groups is 1. The Labute approximate surface area is 162 Å². The van der Waals surface area contributed by atoms with Crippen molar-refractivity contribution in [3.05, 3.63) is 101 Å². The molecule has 0 heterocycles. The number of ether oxygens (including phenoxy) is 1. The van der Waals surface area contributed by atoms with Crippen LogP contribution in [0.3, 0.4) is 0 Å². The van der Waals surface area contributed by atoms with Gasteiger partial charge in [0.1, 0.15) is 5.75 Å². The SMILES string of the molecule is Cc1cccc(OCCc2cccc(C(C)(O)CCc3ccccc3)c2)c1. The van der Waals surface area contributed by atoms with E-state index in [4.69, 9.17) is 4.74 Å². The molecule has 0 bridgehead atoms. The van der Waals surface area contributed by atoms with Gasteiger partial charge in [0, 0.05) is 6.42 Å². The number of hydrogen-bond donors (Lipinski definition) is 1. The number of benzene rings is 3. The molecule has 1 N–H and O–H groups in total. The minimum atomic E-state index is -0.844. The second-order valence-corrected chi connectivity index (χ2v) is 7.37. The van der Waals surface area contributed by atoms with E-state index in [1.807, 2.05) is 55.5 Å². The van der Waals surface area contributed by atoms with Crippen molar-refractivity contribution < 1.29 is 9.84 Å². The van der Waals surface area contributed by atoms with Crippen LogP contribution in [-0.4, -0.2) is 11.7 Å². The van der Waals surface area contributed by atoms with Gasteiger partial charge in [-0.05, 0) is 61.1 Å². The Bertz CT molecular complexity index is 853. The third-order valence-electron chi connectivity index (χ3n) is 4.94. The highest BCUT2D eigenvalue weighted by molar-refractivity contribution is 5.30. The van der Waals surface area contributed by atoms with Gasteiger partial charge in [0.2, 0.25) is 0 Å². The molecule has 0 aliphatic heterocycles. The monoisotopic (exact) mass is 360 g/mol. The van der Waals surface area contributed by atoms with Gasteiger partial charge in [-0.15, -0.1) is 0 Å². The molecule has 1 atom stereocenters. The van der Waals surface area contributed by atoms with Crippen LogP contribution in [0.2, 0.25) is 0 Å². The lowest BCUT2D eigenvalue weighted by Gasteiger charge is -2.24. The summed E-state index contributed by atoms with van der Waals surface area (Å²) in [6.45, 7) is 4.59. The Kier molecular flexibility index (Phi) is 6.31. The average molecular weight is 360 g/mol. The summed E-state index contributed by atoms with van der Waals surface area (Å²) in [7, 11) is 0. The fourth-order valence-corrected chi connectivity index (χ4v) is 3.23. The highest BCUT2D eigenvalue weighted by atomic mass is 16.5. The van der Waals surface area contributed by atoms with E-state index in [2.05, 4.69) is 37.3 Å². The van der Waals surface area contributed by atoms with Crippen LogP contribution in [-0.2, 0) is 18.4 Å². The largest absolute Gasteiger partial charge is 0.493 e. The van der Waals surface area contributed by atoms with Crippen molar-refractivity contribution in [1.82, 2.24) is 0 Å². The Morgan fingerprint density at radius 1 is 0.815 bits per heavy atom. The van der Waals surface area contributed by atoms with E-state index in [9.17, 15) is 5.11 Å². The zero-order valence-electron chi connectivity index (χ0n) is 16.2. The van der Waals surface area contributed by atoms with Crippen LogP contribution < -0.4 is 4.74 Å². The molecular formula is C25H28O2. The predicted octanol–water partition coefficient (Wildman–Crippen LogP) is 5.46. The second-order valence-electron chi connectivity index (χ2n) is 7.37. The lowest BCUT2D eigenvalue weighted by Crippen LogP contribution is -2.22. The molecule has 0 saturated heterocycles. The van der Waals surface area contributed by atoms with Crippen molar-refractivity contribution in [2.45, 2.75) is 38.7 Å². The minimum Gasteiger partial charge on any atom is -0.493 e. The first-order chi connectivity index (χ1) is 13.0. The first-order valence-electron chi connectivity index (χ1n) is 9.58. The van der Waals surface area contributed by atoms with E-state index >= 15 is 0 Å². The standard InChI is InChI=1S/C25H28O2/c1-20-8-6-13-24(18-20)27-17-15-22-11-7-12-23(19-22)25(2,26)16-14-21-9-4-3-5-10-21/h3-13,18-19,26H,14-17H2,1-2H3. The van der Waals surface area contributed by atoms with E-state index in [1.165, 1.54) is 16.7 Å². The minimum absolute atomic E-state index is 0.624.